The molecule has 2 N–H and O–H groups in total. The lowest BCUT2D eigenvalue weighted by molar-refractivity contribution is 0.596. The third kappa shape index (κ3) is 3.09. The van der Waals surface area contributed by atoms with E-state index in [1.54, 1.807) is 23.6 Å². The molecule has 0 saturated carbocycles. The Morgan fingerprint density at radius 2 is 2.00 bits per heavy atom. The van der Waals surface area contributed by atoms with Crippen molar-refractivity contribution in [2.24, 2.45) is 12.2 Å². The normalized spacial score (nSPS) is 12.3. The molecule has 2 heterocycles. The van der Waals surface area contributed by atoms with Crippen molar-refractivity contribution in [1.82, 2.24) is 19.2 Å². The van der Waals surface area contributed by atoms with Gasteiger partial charge in [-0.25, -0.2) is 13.6 Å². The Hall–Kier alpha value is -1.91. The summed E-state index contributed by atoms with van der Waals surface area (Å²) in [5.74, 6) is 0.910. The Kier molecular flexibility index (Phi) is 4.13. The van der Waals surface area contributed by atoms with Crippen LogP contribution < -0.4 is 10.7 Å². The van der Waals surface area contributed by atoms with E-state index in [1.165, 1.54) is 16.3 Å². The fraction of sp³-hybridized carbons (Fsp3) is 0.308. The van der Waals surface area contributed by atoms with Crippen LogP contribution in [0, 0.1) is 0 Å². The number of nitrogens with zero attached hydrogens (tertiary/aromatic N) is 4. The summed E-state index contributed by atoms with van der Waals surface area (Å²) >= 11 is 1.38. The SMILES string of the molecule is Cn1c(=O)c2ccccc2n2c(SCCCS(N)(=O)=O)nnc12. The lowest BCUT2D eigenvalue weighted by Gasteiger charge is -2.07. The van der Waals surface area contributed by atoms with Crippen molar-refractivity contribution in [3.05, 3.63) is 34.6 Å². The molecular formula is C13H15N5O3S2. The molecule has 0 aliphatic heterocycles. The number of sulfonamides is 1. The second-order valence-electron chi connectivity index (χ2n) is 5.07. The first-order valence-electron chi connectivity index (χ1n) is 6.84. The molecule has 0 atom stereocenters. The number of aryl methyl sites for hydroxylation is 1. The van der Waals surface area contributed by atoms with Crippen LogP contribution in [0.25, 0.3) is 16.7 Å². The van der Waals surface area contributed by atoms with Gasteiger partial charge in [-0.1, -0.05) is 23.9 Å². The number of rotatable bonds is 5. The second-order valence-corrected chi connectivity index (χ2v) is 7.86. The summed E-state index contributed by atoms with van der Waals surface area (Å²) in [6, 6.07) is 7.24. The molecule has 3 aromatic rings. The zero-order valence-electron chi connectivity index (χ0n) is 12.3. The molecule has 0 saturated heterocycles. The van der Waals surface area contributed by atoms with E-state index in [4.69, 9.17) is 5.14 Å². The Labute approximate surface area is 136 Å². The van der Waals surface area contributed by atoms with Crippen LogP contribution >= 0.6 is 11.8 Å². The van der Waals surface area contributed by atoms with Crippen LogP contribution in [0.5, 0.6) is 0 Å². The van der Waals surface area contributed by atoms with Crippen LogP contribution in [-0.2, 0) is 17.1 Å². The van der Waals surface area contributed by atoms with Crippen molar-refractivity contribution in [3.63, 3.8) is 0 Å². The number of para-hydroxylation sites is 1. The zero-order valence-corrected chi connectivity index (χ0v) is 14.0. The molecule has 3 rings (SSSR count). The van der Waals surface area contributed by atoms with Gasteiger partial charge < -0.3 is 0 Å². The van der Waals surface area contributed by atoms with Crippen molar-refractivity contribution < 1.29 is 8.42 Å². The third-order valence-electron chi connectivity index (χ3n) is 3.40. The van der Waals surface area contributed by atoms with E-state index in [0.29, 0.717) is 28.5 Å². The molecule has 0 aliphatic rings. The highest BCUT2D eigenvalue weighted by atomic mass is 32.2. The molecule has 1 aromatic carbocycles. The van der Waals surface area contributed by atoms with Crippen LogP contribution in [0.15, 0.2) is 34.2 Å². The van der Waals surface area contributed by atoms with Gasteiger partial charge in [-0.05, 0) is 18.6 Å². The molecule has 0 radical (unpaired) electrons. The maximum Gasteiger partial charge on any atom is 0.262 e. The Morgan fingerprint density at radius 1 is 1.26 bits per heavy atom. The molecular weight excluding hydrogens is 338 g/mol. The Morgan fingerprint density at radius 3 is 2.74 bits per heavy atom. The summed E-state index contributed by atoms with van der Waals surface area (Å²) in [5, 5.41) is 14.4. The fourth-order valence-electron chi connectivity index (χ4n) is 2.33. The van der Waals surface area contributed by atoms with Crippen molar-refractivity contribution in [1.29, 1.82) is 0 Å². The smallest absolute Gasteiger partial charge is 0.262 e. The zero-order chi connectivity index (χ0) is 16.6. The quantitative estimate of drug-likeness (QED) is 0.523. The van der Waals surface area contributed by atoms with E-state index >= 15 is 0 Å². The third-order valence-corrected chi connectivity index (χ3v) is 5.27. The van der Waals surface area contributed by atoms with Gasteiger partial charge in [0.05, 0.1) is 16.7 Å². The van der Waals surface area contributed by atoms with Gasteiger partial charge in [0.25, 0.3) is 5.56 Å². The minimum Gasteiger partial charge on any atom is -0.279 e. The highest BCUT2D eigenvalue weighted by Crippen LogP contribution is 2.21. The summed E-state index contributed by atoms with van der Waals surface area (Å²) in [5.41, 5.74) is 0.593. The number of hydrogen-bond donors (Lipinski definition) is 1. The standard InChI is InChI=1S/C13H15N5O3S2/c1-17-11(19)9-5-2-3-6-10(9)18-12(17)15-16-13(18)22-7-4-8-23(14,20)21/h2-3,5-6H,4,7-8H2,1H3,(H2,14,20,21). The number of hydrogen-bond acceptors (Lipinski definition) is 6. The molecule has 0 fully saturated rings. The predicted molar refractivity (Wildman–Crippen MR) is 89.0 cm³/mol. The maximum absolute atomic E-state index is 12.3. The van der Waals surface area contributed by atoms with E-state index < -0.39 is 10.0 Å². The van der Waals surface area contributed by atoms with Crippen molar-refractivity contribution >= 4 is 38.5 Å². The average Bonchev–Trinajstić information content (AvgIpc) is 2.92. The summed E-state index contributed by atoms with van der Waals surface area (Å²) in [7, 11) is -1.81. The number of fused-ring (bicyclic) bond motifs is 3. The summed E-state index contributed by atoms with van der Waals surface area (Å²) in [6.07, 6.45) is 0.419. The summed E-state index contributed by atoms with van der Waals surface area (Å²) < 4.78 is 25.2. The summed E-state index contributed by atoms with van der Waals surface area (Å²) in [4.78, 5) is 12.3. The topological polar surface area (TPSA) is 112 Å². The first kappa shape index (κ1) is 16.0. The van der Waals surface area contributed by atoms with E-state index in [2.05, 4.69) is 10.2 Å². The number of aromatic nitrogens is 4. The number of thioether (sulfide) groups is 1. The number of primary sulfonamides is 1. The van der Waals surface area contributed by atoms with Gasteiger partial charge in [-0.2, -0.15) is 0 Å². The Bertz CT molecular complexity index is 1040. The highest BCUT2D eigenvalue weighted by Gasteiger charge is 2.14. The highest BCUT2D eigenvalue weighted by molar-refractivity contribution is 7.99. The van der Waals surface area contributed by atoms with Gasteiger partial charge in [-0.3, -0.25) is 13.8 Å². The number of nitrogens with two attached hydrogens (primary N) is 1. The molecule has 0 amide bonds. The van der Waals surface area contributed by atoms with Crippen LogP contribution in [0.1, 0.15) is 6.42 Å². The van der Waals surface area contributed by atoms with Gasteiger partial charge in [-0.15, -0.1) is 10.2 Å². The molecule has 122 valence electrons. The number of benzene rings is 1. The first-order chi connectivity index (χ1) is 10.9. The van der Waals surface area contributed by atoms with E-state index in [0.717, 1.165) is 5.52 Å². The minimum absolute atomic E-state index is 0.0734. The van der Waals surface area contributed by atoms with Gasteiger partial charge >= 0.3 is 0 Å². The second kappa shape index (κ2) is 5.95. The molecule has 23 heavy (non-hydrogen) atoms. The first-order valence-corrected chi connectivity index (χ1v) is 9.55. The van der Waals surface area contributed by atoms with Crippen LogP contribution in [-0.4, -0.2) is 39.1 Å². The van der Waals surface area contributed by atoms with Gasteiger partial charge in [0, 0.05) is 12.8 Å². The largest absolute Gasteiger partial charge is 0.279 e. The van der Waals surface area contributed by atoms with Gasteiger partial charge in [0.15, 0.2) is 5.16 Å². The average molecular weight is 353 g/mol. The molecule has 8 nitrogen and oxygen atoms in total. The lowest BCUT2D eigenvalue weighted by Crippen LogP contribution is -2.20. The van der Waals surface area contributed by atoms with Crippen molar-refractivity contribution in [2.75, 3.05) is 11.5 Å². The van der Waals surface area contributed by atoms with Gasteiger partial charge in [0.1, 0.15) is 0 Å². The molecule has 0 spiro atoms. The minimum atomic E-state index is -3.46. The lowest BCUT2D eigenvalue weighted by atomic mass is 10.2. The molecule has 0 unspecified atom stereocenters. The van der Waals surface area contributed by atoms with Gasteiger partial charge in [0.2, 0.25) is 15.8 Å². The molecule has 10 heteroatoms. The fourth-order valence-corrected chi connectivity index (χ4v) is 3.94. The summed E-state index contributed by atoms with van der Waals surface area (Å²) in [6.45, 7) is 0. The van der Waals surface area contributed by atoms with Crippen LogP contribution in [0.4, 0.5) is 0 Å². The monoisotopic (exact) mass is 353 g/mol. The van der Waals surface area contributed by atoms with Crippen LogP contribution in [0.2, 0.25) is 0 Å². The van der Waals surface area contributed by atoms with E-state index in [1.807, 2.05) is 12.1 Å². The van der Waals surface area contributed by atoms with E-state index in [-0.39, 0.29) is 11.3 Å². The van der Waals surface area contributed by atoms with Crippen molar-refractivity contribution in [3.8, 4) is 0 Å². The van der Waals surface area contributed by atoms with Crippen LogP contribution in [0.3, 0.4) is 0 Å². The Balaban J connectivity index is 2.01. The van der Waals surface area contributed by atoms with Crippen molar-refractivity contribution in [2.45, 2.75) is 11.6 Å². The predicted octanol–water partition coefficient (Wildman–Crippen LogP) is 0.352. The van der Waals surface area contributed by atoms with E-state index in [9.17, 15) is 13.2 Å². The molecule has 0 aliphatic carbocycles. The molecule has 2 aromatic heterocycles. The maximum atomic E-state index is 12.3. The molecule has 0 bridgehead atoms.